The average molecular weight is 244 g/mol. The van der Waals surface area contributed by atoms with Crippen LogP contribution in [0, 0.1) is 5.92 Å². The van der Waals surface area contributed by atoms with E-state index >= 15 is 0 Å². The SMILES string of the molecule is CC(C)(C)OC(=O)N[C@H]1CNC[C@@H](C(=O)O)C1. The summed E-state index contributed by atoms with van der Waals surface area (Å²) in [5, 5.41) is 14.5. The highest BCUT2D eigenvalue weighted by Gasteiger charge is 2.28. The molecule has 0 spiro atoms. The molecule has 98 valence electrons. The van der Waals surface area contributed by atoms with Crippen molar-refractivity contribution >= 4 is 12.1 Å². The minimum absolute atomic E-state index is 0.195. The van der Waals surface area contributed by atoms with Gasteiger partial charge in [0.2, 0.25) is 0 Å². The first-order valence-electron chi connectivity index (χ1n) is 5.71. The fraction of sp³-hybridized carbons (Fsp3) is 0.818. The zero-order valence-electron chi connectivity index (χ0n) is 10.4. The van der Waals surface area contributed by atoms with Gasteiger partial charge in [0, 0.05) is 19.1 Å². The average Bonchev–Trinajstić information content (AvgIpc) is 2.14. The molecular weight excluding hydrogens is 224 g/mol. The van der Waals surface area contributed by atoms with Crippen LogP contribution in [-0.4, -0.2) is 41.9 Å². The van der Waals surface area contributed by atoms with E-state index in [9.17, 15) is 9.59 Å². The predicted octanol–water partition coefficient (Wildman–Crippen LogP) is 0.574. The summed E-state index contributed by atoms with van der Waals surface area (Å²) >= 11 is 0. The highest BCUT2D eigenvalue weighted by Crippen LogP contribution is 2.12. The molecule has 6 heteroatoms. The first-order chi connectivity index (χ1) is 7.78. The number of hydrogen-bond acceptors (Lipinski definition) is 4. The fourth-order valence-corrected chi connectivity index (χ4v) is 1.71. The van der Waals surface area contributed by atoms with Crippen LogP contribution in [0.15, 0.2) is 0 Å². The molecule has 0 aliphatic carbocycles. The summed E-state index contributed by atoms with van der Waals surface area (Å²) in [6.07, 6.45) is -0.0722. The van der Waals surface area contributed by atoms with E-state index in [0.717, 1.165) is 0 Å². The van der Waals surface area contributed by atoms with Crippen molar-refractivity contribution in [2.24, 2.45) is 5.92 Å². The van der Waals surface area contributed by atoms with Crippen LogP contribution >= 0.6 is 0 Å². The maximum Gasteiger partial charge on any atom is 0.407 e. The lowest BCUT2D eigenvalue weighted by molar-refractivity contribution is -0.142. The van der Waals surface area contributed by atoms with E-state index in [1.165, 1.54) is 0 Å². The normalized spacial score (nSPS) is 25.1. The monoisotopic (exact) mass is 244 g/mol. The molecule has 1 aliphatic rings. The Labute approximate surface area is 101 Å². The Balaban J connectivity index is 2.41. The van der Waals surface area contributed by atoms with Crippen molar-refractivity contribution in [1.29, 1.82) is 0 Å². The number of carbonyl (C=O) groups is 2. The molecule has 0 saturated carbocycles. The standard InChI is InChI=1S/C11H20N2O4/c1-11(2,3)17-10(16)13-8-4-7(9(14)15)5-12-6-8/h7-8,12H,4-6H2,1-3H3,(H,13,16)(H,14,15)/t7-,8+/m0/s1. The summed E-state index contributed by atoms with van der Waals surface area (Å²) in [7, 11) is 0. The van der Waals surface area contributed by atoms with Crippen LogP contribution in [0.2, 0.25) is 0 Å². The third-order valence-electron chi connectivity index (χ3n) is 2.42. The molecule has 1 aliphatic heterocycles. The molecule has 0 unspecified atom stereocenters. The summed E-state index contributed by atoms with van der Waals surface area (Å²) in [6, 6.07) is -0.195. The molecule has 1 heterocycles. The Bertz CT molecular complexity index is 298. The Morgan fingerprint density at radius 1 is 1.35 bits per heavy atom. The minimum atomic E-state index is -0.840. The van der Waals surface area contributed by atoms with E-state index in [4.69, 9.17) is 9.84 Å². The van der Waals surface area contributed by atoms with Gasteiger partial charge in [0.05, 0.1) is 5.92 Å². The molecule has 2 atom stereocenters. The molecule has 3 N–H and O–H groups in total. The minimum Gasteiger partial charge on any atom is -0.481 e. The molecule has 1 rings (SSSR count). The number of carboxylic acid groups (broad SMARTS) is 1. The Hall–Kier alpha value is -1.30. The largest absolute Gasteiger partial charge is 0.481 e. The van der Waals surface area contributed by atoms with Crippen LogP contribution in [0.4, 0.5) is 4.79 Å². The number of aliphatic carboxylic acids is 1. The van der Waals surface area contributed by atoms with Gasteiger partial charge in [-0.2, -0.15) is 0 Å². The number of alkyl carbamates (subject to hydrolysis) is 1. The van der Waals surface area contributed by atoms with Gasteiger partial charge in [0.25, 0.3) is 0 Å². The highest BCUT2D eigenvalue weighted by molar-refractivity contribution is 5.71. The number of carboxylic acids is 1. The maximum atomic E-state index is 11.5. The Morgan fingerprint density at radius 3 is 2.53 bits per heavy atom. The number of piperidine rings is 1. The molecule has 0 bridgehead atoms. The second-order valence-electron chi connectivity index (χ2n) is 5.27. The van der Waals surface area contributed by atoms with Crippen LogP contribution in [0.1, 0.15) is 27.2 Å². The number of amides is 1. The second-order valence-corrected chi connectivity index (χ2v) is 5.27. The molecule has 0 aromatic heterocycles. The molecule has 1 saturated heterocycles. The quantitative estimate of drug-likeness (QED) is 0.661. The predicted molar refractivity (Wildman–Crippen MR) is 61.8 cm³/mol. The maximum absolute atomic E-state index is 11.5. The van der Waals surface area contributed by atoms with E-state index in [2.05, 4.69) is 10.6 Å². The van der Waals surface area contributed by atoms with Crippen LogP contribution < -0.4 is 10.6 Å². The van der Waals surface area contributed by atoms with Gasteiger partial charge < -0.3 is 20.5 Å². The summed E-state index contributed by atoms with van der Waals surface area (Å²) in [4.78, 5) is 22.3. The fourth-order valence-electron chi connectivity index (χ4n) is 1.71. The van der Waals surface area contributed by atoms with Crippen molar-refractivity contribution in [3.8, 4) is 0 Å². The lowest BCUT2D eigenvalue weighted by Crippen LogP contribution is -2.51. The van der Waals surface area contributed by atoms with Gasteiger partial charge in [0.1, 0.15) is 5.60 Å². The first-order valence-corrected chi connectivity index (χ1v) is 5.71. The van der Waals surface area contributed by atoms with E-state index in [1.807, 2.05) is 0 Å². The molecule has 0 aromatic carbocycles. The smallest absolute Gasteiger partial charge is 0.407 e. The van der Waals surface area contributed by atoms with Crippen molar-refractivity contribution in [1.82, 2.24) is 10.6 Å². The Morgan fingerprint density at radius 2 is 2.00 bits per heavy atom. The topological polar surface area (TPSA) is 87.7 Å². The lowest BCUT2D eigenvalue weighted by atomic mass is 9.96. The molecule has 1 fully saturated rings. The van der Waals surface area contributed by atoms with Crippen molar-refractivity contribution in [2.45, 2.75) is 38.8 Å². The summed E-state index contributed by atoms with van der Waals surface area (Å²) in [5.74, 6) is -1.29. The van der Waals surface area contributed by atoms with Gasteiger partial charge in [-0.05, 0) is 27.2 Å². The van der Waals surface area contributed by atoms with Gasteiger partial charge in [-0.15, -0.1) is 0 Å². The zero-order valence-corrected chi connectivity index (χ0v) is 10.4. The third-order valence-corrected chi connectivity index (χ3v) is 2.42. The molecule has 0 radical (unpaired) electrons. The van der Waals surface area contributed by atoms with Crippen LogP contribution in [-0.2, 0) is 9.53 Å². The van der Waals surface area contributed by atoms with Crippen LogP contribution in [0.5, 0.6) is 0 Å². The van der Waals surface area contributed by atoms with Crippen molar-refractivity contribution in [3.63, 3.8) is 0 Å². The number of ether oxygens (including phenoxy) is 1. The second kappa shape index (κ2) is 5.35. The highest BCUT2D eigenvalue weighted by atomic mass is 16.6. The number of rotatable bonds is 2. The van der Waals surface area contributed by atoms with Crippen LogP contribution in [0.25, 0.3) is 0 Å². The van der Waals surface area contributed by atoms with Crippen molar-refractivity contribution in [3.05, 3.63) is 0 Å². The van der Waals surface area contributed by atoms with Gasteiger partial charge in [-0.1, -0.05) is 0 Å². The van der Waals surface area contributed by atoms with Crippen LogP contribution in [0.3, 0.4) is 0 Å². The van der Waals surface area contributed by atoms with E-state index < -0.39 is 23.6 Å². The lowest BCUT2D eigenvalue weighted by Gasteiger charge is -2.29. The summed E-state index contributed by atoms with van der Waals surface area (Å²) in [5.41, 5.74) is -0.543. The number of carbonyl (C=O) groups excluding carboxylic acids is 1. The van der Waals surface area contributed by atoms with E-state index in [0.29, 0.717) is 19.5 Å². The molecule has 0 aromatic rings. The van der Waals surface area contributed by atoms with Gasteiger partial charge in [-0.25, -0.2) is 4.79 Å². The van der Waals surface area contributed by atoms with Gasteiger partial charge in [0.15, 0.2) is 0 Å². The van der Waals surface area contributed by atoms with Crippen molar-refractivity contribution in [2.75, 3.05) is 13.1 Å². The molecule has 6 nitrogen and oxygen atoms in total. The zero-order chi connectivity index (χ0) is 13.1. The van der Waals surface area contributed by atoms with E-state index in [-0.39, 0.29) is 6.04 Å². The first kappa shape index (κ1) is 13.8. The molecular formula is C11H20N2O4. The van der Waals surface area contributed by atoms with E-state index in [1.54, 1.807) is 20.8 Å². The third kappa shape index (κ3) is 5.04. The van der Waals surface area contributed by atoms with Crippen molar-refractivity contribution < 1.29 is 19.4 Å². The summed E-state index contributed by atoms with van der Waals surface area (Å²) < 4.78 is 5.11. The number of hydrogen-bond donors (Lipinski definition) is 3. The van der Waals surface area contributed by atoms with Gasteiger partial charge in [-0.3, -0.25) is 4.79 Å². The van der Waals surface area contributed by atoms with Gasteiger partial charge >= 0.3 is 12.1 Å². The molecule has 17 heavy (non-hydrogen) atoms. The number of nitrogens with one attached hydrogen (secondary N) is 2. The summed E-state index contributed by atoms with van der Waals surface area (Å²) in [6.45, 7) is 6.37. The Kier molecular flexibility index (Phi) is 4.34. The molecule has 1 amide bonds.